The Morgan fingerprint density at radius 3 is 2.63 bits per heavy atom. The number of carbonyl (C=O) groups is 1. The Balaban J connectivity index is 2.20. The Hall–Kier alpha value is -2.11. The van der Waals surface area contributed by atoms with Crippen LogP contribution in [0.5, 0.6) is 0 Å². The molecule has 0 unspecified atom stereocenters. The van der Waals surface area contributed by atoms with E-state index in [1.807, 2.05) is 0 Å². The van der Waals surface area contributed by atoms with E-state index in [1.165, 1.54) is 16.8 Å². The molecule has 100 valence electrons. The van der Waals surface area contributed by atoms with Crippen LogP contribution in [0.25, 0.3) is 0 Å². The normalized spacial score (nSPS) is 11.6. The predicted octanol–water partition coefficient (Wildman–Crippen LogP) is 2.86. The standard InChI is InChI=1S/C13H11F3N2O/c1-18-6-5-11(17-18)8-12(19)9-3-2-4-10(7-9)13(14,15)16/h2-7H,8H2,1H3. The second-order valence-corrected chi connectivity index (χ2v) is 4.16. The highest BCUT2D eigenvalue weighted by molar-refractivity contribution is 5.97. The van der Waals surface area contributed by atoms with Gasteiger partial charge in [-0.25, -0.2) is 0 Å². The van der Waals surface area contributed by atoms with E-state index in [0.717, 1.165) is 12.1 Å². The van der Waals surface area contributed by atoms with Crippen LogP contribution in [0.4, 0.5) is 13.2 Å². The maximum Gasteiger partial charge on any atom is 0.416 e. The quantitative estimate of drug-likeness (QED) is 0.802. The molecule has 0 N–H and O–H groups in total. The van der Waals surface area contributed by atoms with Gasteiger partial charge in [-0.2, -0.15) is 18.3 Å². The van der Waals surface area contributed by atoms with Gasteiger partial charge in [-0.05, 0) is 18.2 Å². The number of hydrogen-bond acceptors (Lipinski definition) is 2. The zero-order chi connectivity index (χ0) is 14.0. The average Bonchev–Trinajstić information content (AvgIpc) is 2.74. The Bertz CT molecular complexity index is 602. The van der Waals surface area contributed by atoms with Gasteiger partial charge in [-0.1, -0.05) is 12.1 Å². The molecule has 0 saturated carbocycles. The minimum Gasteiger partial charge on any atom is -0.294 e. The third-order valence-electron chi connectivity index (χ3n) is 2.62. The molecule has 0 aliphatic heterocycles. The topological polar surface area (TPSA) is 34.9 Å². The first kappa shape index (κ1) is 13.3. The van der Waals surface area contributed by atoms with Crippen molar-refractivity contribution in [2.45, 2.75) is 12.6 Å². The van der Waals surface area contributed by atoms with E-state index in [-0.39, 0.29) is 17.8 Å². The molecule has 1 aromatic heterocycles. The first-order valence-corrected chi connectivity index (χ1v) is 5.55. The maximum absolute atomic E-state index is 12.5. The van der Waals surface area contributed by atoms with Gasteiger partial charge in [-0.3, -0.25) is 9.48 Å². The zero-order valence-electron chi connectivity index (χ0n) is 10.1. The number of halogens is 3. The summed E-state index contributed by atoms with van der Waals surface area (Å²) in [7, 11) is 1.71. The summed E-state index contributed by atoms with van der Waals surface area (Å²) in [5, 5.41) is 4.02. The van der Waals surface area contributed by atoms with Gasteiger partial charge in [0, 0.05) is 18.8 Å². The molecule has 6 heteroatoms. The van der Waals surface area contributed by atoms with Gasteiger partial charge < -0.3 is 0 Å². The summed E-state index contributed by atoms with van der Waals surface area (Å²) in [6.07, 6.45) is -2.78. The highest BCUT2D eigenvalue weighted by Crippen LogP contribution is 2.29. The van der Waals surface area contributed by atoms with Crippen LogP contribution < -0.4 is 0 Å². The molecule has 0 fully saturated rings. The molecule has 1 heterocycles. The van der Waals surface area contributed by atoms with Crippen molar-refractivity contribution in [2.75, 3.05) is 0 Å². The smallest absolute Gasteiger partial charge is 0.294 e. The number of aromatic nitrogens is 2. The van der Waals surface area contributed by atoms with Gasteiger partial charge in [-0.15, -0.1) is 0 Å². The highest BCUT2D eigenvalue weighted by Gasteiger charge is 2.30. The second kappa shape index (κ2) is 4.87. The van der Waals surface area contributed by atoms with Crippen LogP contribution in [0.1, 0.15) is 21.6 Å². The molecule has 0 aliphatic carbocycles. The summed E-state index contributed by atoms with van der Waals surface area (Å²) in [5.74, 6) is -0.384. The fourth-order valence-corrected chi connectivity index (χ4v) is 1.69. The summed E-state index contributed by atoms with van der Waals surface area (Å²) >= 11 is 0. The van der Waals surface area contributed by atoms with E-state index in [1.54, 1.807) is 19.3 Å². The third-order valence-corrected chi connectivity index (χ3v) is 2.62. The molecule has 19 heavy (non-hydrogen) atoms. The van der Waals surface area contributed by atoms with Crippen molar-refractivity contribution in [3.63, 3.8) is 0 Å². The lowest BCUT2D eigenvalue weighted by atomic mass is 10.0. The van der Waals surface area contributed by atoms with E-state index in [0.29, 0.717) is 5.69 Å². The lowest BCUT2D eigenvalue weighted by Gasteiger charge is -2.07. The zero-order valence-corrected chi connectivity index (χ0v) is 10.1. The van der Waals surface area contributed by atoms with Gasteiger partial charge in [0.05, 0.1) is 17.7 Å². The van der Waals surface area contributed by atoms with E-state index < -0.39 is 11.7 Å². The summed E-state index contributed by atoms with van der Waals surface area (Å²) in [5.41, 5.74) is -0.246. The van der Waals surface area contributed by atoms with Gasteiger partial charge >= 0.3 is 6.18 Å². The predicted molar refractivity (Wildman–Crippen MR) is 62.7 cm³/mol. The summed E-state index contributed by atoms with van der Waals surface area (Å²) < 4.78 is 39.1. The number of aryl methyl sites for hydroxylation is 1. The number of alkyl halides is 3. The van der Waals surface area contributed by atoms with Crippen LogP contribution in [0.15, 0.2) is 36.5 Å². The first-order valence-electron chi connectivity index (χ1n) is 5.55. The monoisotopic (exact) mass is 268 g/mol. The molecule has 1 aromatic carbocycles. The molecule has 3 nitrogen and oxygen atoms in total. The van der Waals surface area contributed by atoms with Crippen molar-refractivity contribution in [3.05, 3.63) is 53.3 Å². The molecule has 2 aromatic rings. The SMILES string of the molecule is Cn1ccc(CC(=O)c2cccc(C(F)(F)F)c2)n1. The molecular formula is C13H11F3N2O. The van der Waals surface area contributed by atoms with Crippen LogP contribution in [0, 0.1) is 0 Å². The fourth-order valence-electron chi connectivity index (χ4n) is 1.69. The second-order valence-electron chi connectivity index (χ2n) is 4.16. The molecule has 0 aliphatic rings. The molecule has 0 bridgehead atoms. The number of rotatable bonds is 3. The largest absolute Gasteiger partial charge is 0.416 e. The van der Waals surface area contributed by atoms with Gasteiger partial charge in [0.15, 0.2) is 5.78 Å². The molecule has 0 spiro atoms. The van der Waals surface area contributed by atoms with Gasteiger partial charge in [0.1, 0.15) is 0 Å². The van der Waals surface area contributed by atoms with Crippen molar-refractivity contribution < 1.29 is 18.0 Å². The number of benzene rings is 1. The van der Waals surface area contributed by atoms with Crippen LogP contribution in [-0.2, 0) is 19.6 Å². The van der Waals surface area contributed by atoms with Crippen molar-refractivity contribution in [3.8, 4) is 0 Å². The average molecular weight is 268 g/mol. The number of hydrogen-bond donors (Lipinski definition) is 0. The van der Waals surface area contributed by atoms with Crippen LogP contribution >= 0.6 is 0 Å². The minimum atomic E-state index is -4.44. The summed E-state index contributed by atoms with van der Waals surface area (Å²) in [6, 6.07) is 6.07. The highest BCUT2D eigenvalue weighted by atomic mass is 19.4. The van der Waals surface area contributed by atoms with E-state index in [2.05, 4.69) is 5.10 Å². The van der Waals surface area contributed by atoms with Crippen molar-refractivity contribution >= 4 is 5.78 Å². The summed E-state index contributed by atoms with van der Waals surface area (Å²) in [6.45, 7) is 0. The Morgan fingerprint density at radius 1 is 1.32 bits per heavy atom. The lowest BCUT2D eigenvalue weighted by molar-refractivity contribution is -0.137. The van der Waals surface area contributed by atoms with Crippen molar-refractivity contribution in [1.29, 1.82) is 0 Å². The number of carbonyl (C=O) groups excluding carboxylic acids is 1. The maximum atomic E-state index is 12.5. The number of ketones is 1. The molecule has 0 radical (unpaired) electrons. The van der Waals surface area contributed by atoms with E-state index in [4.69, 9.17) is 0 Å². The Labute approximate surface area is 107 Å². The van der Waals surface area contributed by atoms with Crippen LogP contribution in [0.2, 0.25) is 0 Å². The summed E-state index contributed by atoms with van der Waals surface area (Å²) in [4.78, 5) is 11.9. The molecule has 2 rings (SSSR count). The third kappa shape index (κ3) is 3.21. The van der Waals surface area contributed by atoms with Crippen LogP contribution in [-0.4, -0.2) is 15.6 Å². The van der Waals surface area contributed by atoms with Crippen molar-refractivity contribution in [2.24, 2.45) is 7.05 Å². The minimum absolute atomic E-state index is 0.0118. The number of Topliss-reactive ketones (excluding diaryl/α,β-unsaturated/α-hetero) is 1. The van der Waals surface area contributed by atoms with Crippen LogP contribution in [0.3, 0.4) is 0 Å². The Morgan fingerprint density at radius 2 is 2.05 bits per heavy atom. The van der Waals surface area contributed by atoms with E-state index >= 15 is 0 Å². The molecule has 0 amide bonds. The van der Waals surface area contributed by atoms with E-state index in [9.17, 15) is 18.0 Å². The first-order chi connectivity index (χ1) is 8.86. The fraction of sp³-hybridized carbons (Fsp3) is 0.231. The number of nitrogens with zero attached hydrogens (tertiary/aromatic N) is 2. The van der Waals surface area contributed by atoms with Gasteiger partial charge in [0.25, 0.3) is 0 Å². The molecule has 0 saturated heterocycles. The van der Waals surface area contributed by atoms with Gasteiger partial charge in [0.2, 0.25) is 0 Å². The Kier molecular flexibility index (Phi) is 3.42. The molecule has 0 atom stereocenters. The molecular weight excluding hydrogens is 257 g/mol. The van der Waals surface area contributed by atoms with Crippen molar-refractivity contribution in [1.82, 2.24) is 9.78 Å². The lowest BCUT2D eigenvalue weighted by Crippen LogP contribution is -2.09.